The Morgan fingerprint density at radius 2 is 1.90 bits per heavy atom. The van der Waals surface area contributed by atoms with E-state index in [1.54, 1.807) is 12.1 Å². The Hall–Kier alpha value is -2.68. The third-order valence-corrected chi connectivity index (χ3v) is 6.93. The van der Waals surface area contributed by atoms with E-state index in [2.05, 4.69) is 21.0 Å². The topological polar surface area (TPSA) is 58.1 Å². The van der Waals surface area contributed by atoms with Gasteiger partial charge in [0.15, 0.2) is 6.04 Å². The summed E-state index contributed by atoms with van der Waals surface area (Å²) in [6.45, 7) is 3.44. The number of aromatic nitrogens is 3. The van der Waals surface area contributed by atoms with Gasteiger partial charge in [-0.3, -0.25) is 0 Å². The summed E-state index contributed by atoms with van der Waals surface area (Å²) in [7, 11) is 0. The van der Waals surface area contributed by atoms with Crippen LogP contribution < -0.4 is 9.80 Å². The van der Waals surface area contributed by atoms with Crippen molar-refractivity contribution < 1.29 is 14.4 Å². The van der Waals surface area contributed by atoms with Crippen LogP contribution >= 0.6 is 22.9 Å². The molecule has 4 aromatic rings. The monoisotopic (exact) mass is 444 g/mol. The van der Waals surface area contributed by atoms with Gasteiger partial charge < -0.3 is 14.9 Å². The Kier molecular flexibility index (Phi) is 5.06. The first-order valence-electron chi connectivity index (χ1n) is 9.72. The largest absolute Gasteiger partial charge is 0.492 e. The van der Waals surface area contributed by atoms with Crippen LogP contribution in [0, 0.1) is 5.82 Å². The normalized spacial score (nSPS) is 16.3. The van der Waals surface area contributed by atoms with Crippen molar-refractivity contribution in [2.75, 3.05) is 31.1 Å². The number of aromatic hydroxyl groups is 1. The highest BCUT2D eigenvalue weighted by molar-refractivity contribution is 7.17. The fourth-order valence-corrected chi connectivity index (χ4v) is 5.42. The van der Waals surface area contributed by atoms with Crippen molar-refractivity contribution in [1.82, 2.24) is 14.6 Å². The van der Waals surface area contributed by atoms with E-state index >= 15 is 0 Å². The minimum Gasteiger partial charge on any atom is -0.492 e. The molecule has 2 N–H and O–H groups in total. The molecule has 3 heterocycles. The van der Waals surface area contributed by atoms with Crippen LogP contribution in [0.5, 0.6) is 5.88 Å². The molecule has 1 aliphatic rings. The molecule has 1 atom stereocenters. The molecule has 6 nitrogen and oxygen atoms in total. The summed E-state index contributed by atoms with van der Waals surface area (Å²) in [4.78, 5) is 9.28. The van der Waals surface area contributed by atoms with E-state index in [4.69, 9.17) is 11.6 Å². The van der Waals surface area contributed by atoms with Crippen LogP contribution in [-0.2, 0) is 0 Å². The Labute approximate surface area is 181 Å². The van der Waals surface area contributed by atoms with Crippen LogP contribution in [0.3, 0.4) is 0 Å². The van der Waals surface area contributed by atoms with Gasteiger partial charge in [0.1, 0.15) is 17.0 Å². The van der Waals surface area contributed by atoms with Crippen LogP contribution in [0.25, 0.3) is 4.96 Å². The number of piperazine rings is 1. The first-order valence-corrected chi connectivity index (χ1v) is 10.9. The molecule has 154 valence electrons. The molecule has 9 heteroatoms. The molecule has 1 aliphatic heterocycles. The van der Waals surface area contributed by atoms with Gasteiger partial charge in [0.2, 0.25) is 10.8 Å². The van der Waals surface area contributed by atoms with E-state index < -0.39 is 0 Å². The van der Waals surface area contributed by atoms with Crippen molar-refractivity contribution in [2.24, 2.45) is 0 Å². The van der Waals surface area contributed by atoms with Crippen molar-refractivity contribution in [1.29, 1.82) is 0 Å². The lowest BCUT2D eigenvalue weighted by Crippen LogP contribution is -3.15. The molecule has 1 saturated heterocycles. The van der Waals surface area contributed by atoms with Gasteiger partial charge in [0, 0.05) is 16.3 Å². The molecule has 2 aromatic heterocycles. The minimum absolute atomic E-state index is 0.103. The lowest BCUT2D eigenvalue weighted by atomic mass is 10.0. The molecule has 0 saturated carbocycles. The van der Waals surface area contributed by atoms with Crippen molar-refractivity contribution >= 4 is 33.6 Å². The van der Waals surface area contributed by atoms with Gasteiger partial charge in [-0.1, -0.05) is 29.0 Å². The van der Waals surface area contributed by atoms with Crippen LogP contribution in [0.15, 0.2) is 54.9 Å². The predicted molar refractivity (Wildman–Crippen MR) is 115 cm³/mol. The lowest BCUT2D eigenvalue weighted by molar-refractivity contribution is -0.925. The second-order valence-electron chi connectivity index (χ2n) is 7.35. The van der Waals surface area contributed by atoms with Crippen LogP contribution in [-0.4, -0.2) is 45.9 Å². The van der Waals surface area contributed by atoms with Crippen LogP contribution in [0.2, 0.25) is 5.02 Å². The van der Waals surface area contributed by atoms with E-state index in [0.29, 0.717) is 4.96 Å². The number of thiazole rings is 1. The molecule has 1 fully saturated rings. The van der Waals surface area contributed by atoms with Gasteiger partial charge in [-0.25, -0.2) is 9.37 Å². The summed E-state index contributed by atoms with van der Waals surface area (Å²) >= 11 is 7.58. The molecule has 0 amide bonds. The zero-order valence-corrected chi connectivity index (χ0v) is 17.6. The number of halogens is 2. The quantitative estimate of drug-likeness (QED) is 0.508. The van der Waals surface area contributed by atoms with Crippen LogP contribution in [0.4, 0.5) is 10.1 Å². The van der Waals surface area contributed by atoms with Gasteiger partial charge in [0.05, 0.1) is 26.2 Å². The SMILES string of the molecule is Oc1c([C@H](c2ccc(F)cc2)[NH+]2CCN(c3cccc(Cl)c3)CC2)sc2ncnn12. The van der Waals surface area contributed by atoms with E-state index in [-0.39, 0.29) is 17.7 Å². The number of quaternary nitrogens is 1. The molecule has 0 bridgehead atoms. The van der Waals surface area contributed by atoms with Crippen molar-refractivity contribution in [3.05, 3.63) is 76.1 Å². The van der Waals surface area contributed by atoms with Gasteiger partial charge in [-0.2, -0.15) is 9.61 Å². The molecular weight excluding hydrogens is 425 g/mol. The summed E-state index contributed by atoms with van der Waals surface area (Å²) in [5.74, 6) is -0.170. The van der Waals surface area contributed by atoms with Gasteiger partial charge in [-0.05, 0) is 42.5 Å². The lowest BCUT2D eigenvalue weighted by Gasteiger charge is -2.37. The fourth-order valence-electron chi connectivity index (χ4n) is 4.12. The molecule has 2 aromatic carbocycles. The number of nitrogens with zero attached hydrogens (tertiary/aromatic N) is 4. The number of hydrogen-bond acceptors (Lipinski definition) is 5. The Bertz CT molecular complexity index is 1170. The van der Waals surface area contributed by atoms with Gasteiger partial charge in [-0.15, -0.1) is 0 Å². The standard InChI is InChI=1S/C21H19ClFN5OS/c22-15-2-1-3-17(12-15)26-8-10-27(11-9-26)18(14-4-6-16(23)7-5-14)19-20(29)28-21(30-19)24-13-25-28/h1-7,12-13,18,29H,8-11H2/p+1/t18-/m0/s1. The predicted octanol–water partition coefficient (Wildman–Crippen LogP) is 2.78. The molecule has 0 radical (unpaired) electrons. The first kappa shape index (κ1) is 19.3. The summed E-state index contributed by atoms with van der Waals surface area (Å²) in [6, 6.07) is 14.3. The maximum absolute atomic E-state index is 13.6. The summed E-state index contributed by atoms with van der Waals surface area (Å²) < 4.78 is 15.0. The molecule has 5 rings (SSSR count). The smallest absolute Gasteiger partial charge is 0.235 e. The maximum atomic E-state index is 13.6. The zero-order chi connectivity index (χ0) is 20.7. The van der Waals surface area contributed by atoms with Gasteiger partial charge >= 0.3 is 0 Å². The van der Waals surface area contributed by atoms with Gasteiger partial charge in [0.25, 0.3) is 0 Å². The number of anilines is 1. The summed E-state index contributed by atoms with van der Waals surface area (Å²) in [6.07, 6.45) is 1.43. The number of benzene rings is 2. The molecule has 0 aliphatic carbocycles. The number of nitrogens with one attached hydrogen (secondary N) is 1. The third kappa shape index (κ3) is 3.51. The van der Waals surface area contributed by atoms with E-state index in [1.165, 1.54) is 39.2 Å². The number of fused-ring (bicyclic) bond motifs is 1. The highest BCUT2D eigenvalue weighted by Gasteiger charge is 2.34. The van der Waals surface area contributed by atoms with E-state index in [9.17, 15) is 9.50 Å². The van der Waals surface area contributed by atoms with Crippen molar-refractivity contribution in [3.8, 4) is 5.88 Å². The second-order valence-corrected chi connectivity index (χ2v) is 8.80. The third-order valence-electron chi connectivity index (χ3n) is 5.59. The zero-order valence-electron chi connectivity index (χ0n) is 16.0. The minimum atomic E-state index is -0.273. The number of rotatable bonds is 4. The molecule has 0 unspecified atom stereocenters. The highest BCUT2D eigenvalue weighted by Crippen LogP contribution is 2.34. The van der Waals surface area contributed by atoms with E-state index in [1.807, 2.05) is 18.2 Å². The Morgan fingerprint density at radius 1 is 1.13 bits per heavy atom. The fraction of sp³-hybridized carbons (Fsp3) is 0.238. The molecular formula is C21H20ClFN5OS+. The van der Waals surface area contributed by atoms with Crippen molar-refractivity contribution in [3.63, 3.8) is 0 Å². The van der Waals surface area contributed by atoms with Crippen molar-refractivity contribution in [2.45, 2.75) is 6.04 Å². The van der Waals surface area contributed by atoms with E-state index in [0.717, 1.165) is 47.3 Å². The first-order chi connectivity index (χ1) is 14.6. The van der Waals surface area contributed by atoms with Crippen LogP contribution in [0.1, 0.15) is 16.5 Å². The molecule has 30 heavy (non-hydrogen) atoms. The maximum Gasteiger partial charge on any atom is 0.235 e. The summed E-state index contributed by atoms with van der Waals surface area (Å²) in [5, 5.41) is 15.7. The average Bonchev–Trinajstić information content (AvgIpc) is 3.34. The Morgan fingerprint density at radius 3 is 2.60 bits per heavy atom. The molecule has 0 spiro atoms. The number of hydrogen-bond donors (Lipinski definition) is 2. The summed E-state index contributed by atoms with van der Waals surface area (Å²) in [5.41, 5.74) is 2.07. The average molecular weight is 445 g/mol. The second kappa shape index (κ2) is 7.86. The highest BCUT2D eigenvalue weighted by atomic mass is 35.5. The Balaban J connectivity index is 1.46.